The third-order valence-corrected chi connectivity index (χ3v) is 7.35. The highest BCUT2D eigenvalue weighted by molar-refractivity contribution is 8.15. The van der Waals surface area contributed by atoms with Gasteiger partial charge in [-0.15, -0.1) is 0 Å². The van der Waals surface area contributed by atoms with Crippen molar-refractivity contribution in [2.75, 3.05) is 26.1 Å². The lowest BCUT2D eigenvalue weighted by atomic mass is 10.1. The van der Waals surface area contributed by atoms with Crippen LogP contribution in [0.2, 0.25) is 0 Å². The molecule has 1 fully saturated rings. The Bertz CT molecular complexity index is 1410. The molecular formula is C28H28N4O6S. The molecule has 0 aliphatic carbocycles. The first-order chi connectivity index (χ1) is 18.8. The lowest BCUT2D eigenvalue weighted by Crippen LogP contribution is -2.35. The number of hydrogen-bond donors (Lipinski definition) is 1. The van der Waals surface area contributed by atoms with Gasteiger partial charge in [-0.1, -0.05) is 42.1 Å². The van der Waals surface area contributed by atoms with Crippen LogP contribution in [0, 0.1) is 17.0 Å². The van der Waals surface area contributed by atoms with Crippen molar-refractivity contribution in [3.8, 4) is 11.5 Å². The lowest BCUT2D eigenvalue weighted by molar-refractivity contribution is -0.384. The van der Waals surface area contributed by atoms with Gasteiger partial charge in [0.25, 0.3) is 5.69 Å². The van der Waals surface area contributed by atoms with E-state index in [4.69, 9.17) is 14.5 Å². The van der Waals surface area contributed by atoms with Crippen LogP contribution in [0.15, 0.2) is 71.7 Å². The van der Waals surface area contributed by atoms with Gasteiger partial charge in [0.1, 0.15) is 16.7 Å². The van der Waals surface area contributed by atoms with Crippen LogP contribution in [0.5, 0.6) is 11.5 Å². The van der Waals surface area contributed by atoms with Crippen LogP contribution >= 0.6 is 11.8 Å². The van der Waals surface area contributed by atoms with Gasteiger partial charge in [0.2, 0.25) is 11.8 Å². The summed E-state index contributed by atoms with van der Waals surface area (Å²) in [7, 11) is 3.01. The average Bonchev–Trinajstić information content (AvgIpc) is 3.22. The molecule has 1 atom stereocenters. The van der Waals surface area contributed by atoms with Crippen molar-refractivity contribution in [2.24, 2.45) is 4.99 Å². The molecule has 0 bridgehead atoms. The Morgan fingerprint density at radius 2 is 1.85 bits per heavy atom. The summed E-state index contributed by atoms with van der Waals surface area (Å²) >= 11 is 1.23. The number of aryl methyl sites for hydroxylation is 1. The van der Waals surface area contributed by atoms with E-state index in [1.165, 1.54) is 37.1 Å². The summed E-state index contributed by atoms with van der Waals surface area (Å²) in [6.45, 7) is 2.33. The maximum atomic E-state index is 13.5. The van der Waals surface area contributed by atoms with E-state index in [1.54, 1.807) is 12.0 Å². The number of benzene rings is 3. The van der Waals surface area contributed by atoms with Gasteiger partial charge in [0.05, 0.1) is 30.5 Å². The zero-order valence-corrected chi connectivity index (χ0v) is 22.6. The van der Waals surface area contributed by atoms with Gasteiger partial charge < -0.3 is 14.8 Å². The third-order valence-electron chi connectivity index (χ3n) is 6.17. The summed E-state index contributed by atoms with van der Waals surface area (Å²) in [6.07, 6.45) is 0.452. The van der Waals surface area contributed by atoms with Gasteiger partial charge in [-0.2, -0.15) is 0 Å². The summed E-state index contributed by atoms with van der Waals surface area (Å²) in [5.74, 6) is 0.344. The van der Waals surface area contributed by atoms with Crippen LogP contribution in [0.3, 0.4) is 0 Å². The SMILES string of the molecule is COc1ccc(CCN2C(=O)C(CC(=O)Nc3cc([N+](=O)[O-])ccc3OC)SC2=Nc2ccccc2C)cc1. The highest BCUT2D eigenvalue weighted by atomic mass is 32.2. The molecule has 0 aromatic heterocycles. The number of nitro groups is 1. The first-order valence-electron chi connectivity index (χ1n) is 12.2. The first-order valence-corrected chi connectivity index (χ1v) is 13.0. The predicted molar refractivity (Wildman–Crippen MR) is 151 cm³/mol. The molecule has 39 heavy (non-hydrogen) atoms. The van der Waals surface area contributed by atoms with Crippen molar-refractivity contribution in [2.45, 2.75) is 25.0 Å². The lowest BCUT2D eigenvalue weighted by Gasteiger charge is -2.17. The Morgan fingerprint density at radius 3 is 2.51 bits per heavy atom. The first kappa shape index (κ1) is 27.6. The maximum absolute atomic E-state index is 13.5. The summed E-state index contributed by atoms with van der Waals surface area (Å²) in [4.78, 5) is 43.4. The Hall–Kier alpha value is -4.38. The van der Waals surface area contributed by atoms with Crippen LogP contribution in [0.4, 0.5) is 17.1 Å². The predicted octanol–water partition coefficient (Wildman–Crippen LogP) is 5.12. The fourth-order valence-electron chi connectivity index (χ4n) is 4.03. The minimum absolute atomic E-state index is 0.138. The number of nitrogens with one attached hydrogen (secondary N) is 1. The number of methoxy groups -OCH3 is 2. The molecule has 3 aromatic rings. The van der Waals surface area contributed by atoms with Crippen LogP contribution in [-0.4, -0.2) is 52.8 Å². The number of para-hydroxylation sites is 1. The second kappa shape index (κ2) is 12.4. The quantitative estimate of drug-likeness (QED) is 0.275. The minimum Gasteiger partial charge on any atom is -0.497 e. The molecule has 1 N–H and O–H groups in total. The van der Waals surface area contributed by atoms with E-state index in [0.29, 0.717) is 18.1 Å². The number of anilines is 1. The molecule has 11 heteroatoms. The summed E-state index contributed by atoms with van der Waals surface area (Å²) in [5.41, 5.74) is 2.72. The van der Waals surface area contributed by atoms with E-state index < -0.39 is 16.1 Å². The largest absolute Gasteiger partial charge is 0.497 e. The minimum atomic E-state index is -0.701. The molecule has 0 spiro atoms. The summed E-state index contributed by atoms with van der Waals surface area (Å²) in [5, 5.41) is 13.7. The zero-order chi connectivity index (χ0) is 27.9. The number of carbonyl (C=O) groups is 2. The van der Waals surface area contributed by atoms with E-state index in [0.717, 1.165) is 22.6 Å². The normalized spacial score (nSPS) is 15.9. The molecule has 202 valence electrons. The highest BCUT2D eigenvalue weighted by Gasteiger charge is 2.39. The van der Waals surface area contributed by atoms with Crippen molar-refractivity contribution in [1.82, 2.24) is 4.90 Å². The Kier molecular flexibility index (Phi) is 8.82. The molecular weight excluding hydrogens is 520 g/mol. The second-order valence-corrected chi connectivity index (χ2v) is 9.94. The van der Waals surface area contributed by atoms with E-state index in [-0.39, 0.29) is 29.5 Å². The molecule has 1 heterocycles. The third kappa shape index (κ3) is 6.74. The van der Waals surface area contributed by atoms with E-state index >= 15 is 0 Å². The number of amides is 2. The van der Waals surface area contributed by atoms with Crippen LogP contribution in [-0.2, 0) is 16.0 Å². The number of aliphatic imine (C=N–C) groups is 1. The van der Waals surface area contributed by atoms with E-state index in [1.807, 2.05) is 55.5 Å². The Labute approximate surface area is 230 Å². The van der Waals surface area contributed by atoms with Crippen LogP contribution in [0.25, 0.3) is 0 Å². The molecule has 1 aliphatic heterocycles. The zero-order valence-electron chi connectivity index (χ0n) is 21.7. The molecule has 3 aromatic carbocycles. The van der Waals surface area contributed by atoms with Crippen molar-refractivity contribution >= 4 is 45.8 Å². The van der Waals surface area contributed by atoms with Crippen molar-refractivity contribution in [3.63, 3.8) is 0 Å². The van der Waals surface area contributed by atoms with Gasteiger partial charge in [0, 0.05) is 25.1 Å². The monoisotopic (exact) mass is 548 g/mol. The molecule has 4 rings (SSSR count). The number of nitrogens with zero attached hydrogens (tertiary/aromatic N) is 3. The van der Waals surface area contributed by atoms with Crippen LogP contribution in [0.1, 0.15) is 17.5 Å². The Balaban J connectivity index is 1.53. The van der Waals surface area contributed by atoms with Gasteiger partial charge in [-0.3, -0.25) is 24.6 Å². The fourth-order valence-corrected chi connectivity index (χ4v) is 5.21. The number of ether oxygens (including phenoxy) is 2. The van der Waals surface area contributed by atoms with Crippen molar-refractivity contribution in [1.29, 1.82) is 0 Å². The summed E-state index contributed by atoms with van der Waals surface area (Å²) in [6, 6.07) is 19.2. The van der Waals surface area contributed by atoms with Crippen molar-refractivity contribution in [3.05, 3.63) is 88.0 Å². The fraction of sp³-hybridized carbons (Fsp3) is 0.250. The number of rotatable bonds is 10. The van der Waals surface area contributed by atoms with Gasteiger partial charge in [0.15, 0.2) is 5.17 Å². The average molecular weight is 549 g/mol. The smallest absolute Gasteiger partial charge is 0.271 e. The molecule has 2 amide bonds. The molecule has 10 nitrogen and oxygen atoms in total. The standard InChI is InChI=1S/C28H28N4O6S/c1-18-6-4-5-7-22(18)30-28-31(15-14-19-8-11-21(37-2)12-9-19)27(34)25(39-28)17-26(33)29-23-16-20(32(35)36)10-13-24(23)38-3/h4-13,16,25H,14-15,17H2,1-3H3,(H,29,33). The molecule has 0 radical (unpaired) electrons. The number of carbonyl (C=O) groups excluding carboxylic acids is 2. The number of nitro benzene ring substituents is 1. The second-order valence-electron chi connectivity index (χ2n) is 8.77. The van der Waals surface area contributed by atoms with Crippen LogP contribution < -0.4 is 14.8 Å². The molecule has 0 saturated carbocycles. The van der Waals surface area contributed by atoms with Crippen molar-refractivity contribution < 1.29 is 24.0 Å². The Morgan fingerprint density at radius 1 is 1.10 bits per heavy atom. The van der Waals surface area contributed by atoms with E-state index in [9.17, 15) is 19.7 Å². The maximum Gasteiger partial charge on any atom is 0.271 e. The van der Waals surface area contributed by atoms with E-state index in [2.05, 4.69) is 5.32 Å². The van der Waals surface area contributed by atoms with Gasteiger partial charge >= 0.3 is 0 Å². The van der Waals surface area contributed by atoms with Gasteiger partial charge in [-0.25, -0.2) is 4.99 Å². The molecule has 1 aliphatic rings. The number of thioether (sulfide) groups is 1. The summed E-state index contributed by atoms with van der Waals surface area (Å²) < 4.78 is 10.4. The number of hydrogen-bond acceptors (Lipinski definition) is 8. The molecule has 1 saturated heterocycles. The van der Waals surface area contributed by atoms with Gasteiger partial charge in [-0.05, 0) is 48.7 Å². The number of amidine groups is 1. The topological polar surface area (TPSA) is 123 Å². The molecule has 1 unspecified atom stereocenters. The highest BCUT2D eigenvalue weighted by Crippen LogP contribution is 2.34. The number of non-ortho nitro benzene ring substituents is 1.